The van der Waals surface area contributed by atoms with Gasteiger partial charge >= 0.3 is 0 Å². The second-order valence-electron chi connectivity index (χ2n) is 6.47. The highest BCUT2D eigenvalue weighted by Crippen LogP contribution is 2.42. The molecular formula is C23H22O4. The Labute approximate surface area is 158 Å². The molecule has 138 valence electrons. The number of aliphatic hydroxyl groups is 2. The van der Waals surface area contributed by atoms with E-state index in [9.17, 15) is 0 Å². The summed E-state index contributed by atoms with van der Waals surface area (Å²) in [4.78, 5) is 0. The fourth-order valence-corrected chi connectivity index (χ4v) is 3.65. The van der Waals surface area contributed by atoms with Gasteiger partial charge in [-0.3, -0.25) is 0 Å². The average Bonchev–Trinajstić information content (AvgIpc) is 3.10. The van der Waals surface area contributed by atoms with Crippen molar-refractivity contribution in [3.63, 3.8) is 0 Å². The van der Waals surface area contributed by atoms with Crippen molar-refractivity contribution in [3.05, 3.63) is 71.8 Å². The number of benzene rings is 3. The van der Waals surface area contributed by atoms with E-state index in [4.69, 9.17) is 19.7 Å². The summed E-state index contributed by atoms with van der Waals surface area (Å²) in [6, 6.07) is 20.7. The van der Waals surface area contributed by atoms with Crippen LogP contribution in [0.25, 0.3) is 22.3 Å². The maximum absolute atomic E-state index is 9.10. The third-order valence-electron chi connectivity index (χ3n) is 4.80. The molecule has 2 N–H and O–H groups in total. The maximum Gasteiger partial charge on any atom is 0.161 e. The Morgan fingerprint density at radius 2 is 1.41 bits per heavy atom. The number of fused-ring (bicyclic) bond motifs is 3. The molecule has 27 heavy (non-hydrogen) atoms. The summed E-state index contributed by atoms with van der Waals surface area (Å²) in [5.74, 6) is 1.14. The van der Waals surface area contributed by atoms with Gasteiger partial charge in [0.15, 0.2) is 11.5 Å². The van der Waals surface area contributed by atoms with Crippen LogP contribution < -0.4 is 9.47 Å². The Bertz CT molecular complexity index is 949. The van der Waals surface area contributed by atoms with E-state index < -0.39 is 0 Å². The van der Waals surface area contributed by atoms with Crippen molar-refractivity contribution in [1.82, 2.24) is 0 Å². The molecule has 3 aromatic rings. The molecule has 0 amide bonds. The third kappa shape index (κ3) is 3.42. The fourth-order valence-electron chi connectivity index (χ4n) is 3.65. The van der Waals surface area contributed by atoms with Gasteiger partial charge in [0.05, 0.1) is 13.2 Å². The highest BCUT2D eigenvalue weighted by atomic mass is 16.5. The molecule has 0 atom stereocenters. The largest absolute Gasteiger partial charge is 0.487 e. The van der Waals surface area contributed by atoms with Gasteiger partial charge in [-0.25, -0.2) is 0 Å². The molecule has 0 aromatic heterocycles. The molecule has 0 aliphatic heterocycles. The van der Waals surface area contributed by atoms with Crippen LogP contribution in [0.5, 0.6) is 11.5 Å². The lowest BCUT2D eigenvalue weighted by molar-refractivity contribution is 0.178. The molecule has 0 fully saturated rings. The summed E-state index contributed by atoms with van der Waals surface area (Å²) in [5.41, 5.74) is 7.46. The molecule has 4 rings (SSSR count). The van der Waals surface area contributed by atoms with Crippen molar-refractivity contribution in [2.24, 2.45) is 0 Å². The second-order valence-corrected chi connectivity index (χ2v) is 6.47. The van der Waals surface area contributed by atoms with Crippen molar-refractivity contribution in [3.8, 4) is 33.8 Å². The smallest absolute Gasteiger partial charge is 0.161 e. The van der Waals surface area contributed by atoms with Crippen molar-refractivity contribution < 1.29 is 19.7 Å². The molecule has 3 aromatic carbocycles. The number of hydrogen-bond donors (Lipinski definition) is 2. The monoisotopic (exact) mass is 362 g/mol. The Balaban J connectivity index is 1.74. The normalized spacial score (nSPS) is 11.8. The van der Waals surface area contributed by atoms with Gasteiger partial charge in [0, 0.05) is 0 Å². The number of rotatable bonds is 7. The van der Waals surface area contributed by atoms with E-state index >= 15 is 0 Å². The van der Waals surface area contributed by atoms with Crippen LogP contribution in [0.3, 0.4) is 0 Å². The van der Waals surface area contributed by atoms with Gasteiger partial charge in [-0.15, -0.1) is 0 Å². The lowest BCUT2D eigenvalue weighted by Crippen LogP contribution is -2.06. The molecule has 0 radical (unpaired) electrons. The van der Waals surface area contributed by atoms with Crippen molar-refractivity contribution in [1.29, 1.82) is 0 Å². The van der Waals surface area contributed by atoms with Crippen LogP contribution in [0, 0.1) is 0 Å². The molecule has 1 aliphatic rings. The van der Waals surface area contributed by atoms with Crippen molar-refractivity contribution in [2.45, 2.75) is 6.42 Å². The lowest BCUT2D eigenvalue weighted by atomic mass is 9.95. The Hall–Kier alpha value is -2.82. The zero-order valence-corrected chi connectivity index (χ0v) is 15.0. The lowest BCUT2D eigenvalue weighted by Gasteiger charge is -2.15. The first-order valence-corrected chi connectivity index (χ1v) is 9.13. The van der Waals surface area contributed by atoms with Crippen LogP contribution in [0.4, 0.5) is 0 Å². The van der Waals surface area contributed by atoms with Crippen LogP contribution in [0.15, 0.2) is 60.7 Å². The summed E-state index contributed by atoms with van der Waals surface area (Å²) in [7, 11) is 0. The van der Waals surface area contributed by atoms with E-state index in [1.165, 1.54) is 27.8 Å². The molecule has 0 unspecified atom stereocenters. The average molecular weight is 362 g/mol. The van der Waals surface area contributed by atoms with Gasteiger partial charge in [-0.05, 0) is 51.9 Å². The van der Waals surface area contributed by atoms with Gasteiger partial charge < -0.3 is 19.7 Å². The Morgan fingerprint density at radius 3 is 2.22 bits per heavy atom. The third-order valence-corrected chi connectivity index (χ3v) is 4.80. The zero-order valence-electron chi connectivity index (χ0n) is 15.0. The van der Waals surface area contributed by atoms with E-state index in [1.807, 2.05) is 18.2 Å². The van der Waals surface area contributed by atoms with Crippen molar-refractivity contribution in [2.75, 3.05) is 26.4 Å². The minimum atomic E-state index is -0.0697. The number of hydrogen-bond acceptors (Lipinski definition) is 4. The first-order chi connectivity index (χ1) is 13.3. The van der Waals surface area contributed by atoms with Crippen molar-refractivity contribution >= 4 is 0 Å². The Kier molecular flexibility index (Phi) is 5.10. The van der Waals surface area contributed by atoms with E-state index in [-0.39, 0.29) is 26.4 Å². The van der Waals surface area contributed by atoms with Crippen LogP contribution >= 0.6 is 0 Å². The molecule has 0 heterocycles. The maximum atomic E-state index is 9.10. The van der Waals surface area contributed by atoms with Gasteiger partial charge in [0.25, 0.3) is 0 Å². The Morgan fingerprint density at radius 1 is 0.704 bits per heavy atom. The minimum absolute atomic E-state index is 0.0638. The van der Waals surface area contributed by atoms with E-state index in [0.29, 0.717) is 11.5 Å². The van der Waals surface area contributed by atoms with Crippen LogP contribution in [0.1, 0.15) is 11.1 Å². The highest BCUT2D eigenvalue weighted by Gasteiger charge is 2.21. The molecule has 4 heteroatoms. The molecule has 4 nitrogen and oxygen atoms in total. The predicted octanol–water partition coefficient (Wildman–Crippen LogP) is 3.67. The van der Waals surface area contributed by atoms with Crippen LogP contribution in [0.2, 0.25) is 0 Å². The highest BCUT2D eigenvalue weighted by molar-refractivity contribution is 5.85. The molecular weight excluding hydrogens is 340 g/mol. The molecule has 0 saturated carbocycles. The van der Waals surface area contributed by atoms with Crippen LogP contribution in [-0.4, -0.2) is 36.6 Å². The summed E-state index contributed by atoms with van der Waals surface area (Å²) in [6.45, 7) is 0.257. The summed E-state index contributed by atoms with van der Waals surface area (Å²) >= 11 is 0. The molecule has 0 spiro atoms. The van der Waals surface area contributed by atoms with E-state index in [0.717, 1.165) is 12.0 Å². The molecule has 1 aliphatic carbocycles. The summed E-state index contributed by atoms with van der Waals surface area (Å²) in [5, 5.41) is 18.1. The standard InChI is InChI=1S/C23H22O4/c24-10-12-26-22-9-8-17(15-23(22)27-13-11-25)19-6-3-7-20-18-5-2-1-4-16(18)14-21(19)20/h1-9,15,24-25H,10-14H2. The predicted molar refractivity (Wildman–Crippen MR) is 105 cm³/mol. The van der Waals surface area contributed by atoms with Gasteiger partial charge in [0.1, 0.15) is 13.2 Å². The van der Waals surface area contributed by atoms with Gasteiger partial charge in [-0.1, -0.05) is 48.5 Å². The van der Waals surface area contributed by atoms with Gasteiger partial charge in [0.2, 0.25) is 0 Å². The summed E-state index contributed by atoms with van der Waals surface area (Å²) < 4.78 is 11.2. The minimum Gasteiger partial charge on any atom is -0.487 e. The first kappa shape index (κ1) is 17.6. The number of ether oxygens (including phenoxy) is 2. The molecule has 0 saturated heterocycles. The first-order valence-electron chi connectivity index (χ1n) is 9.13. The summed E-state index contributed by atoms with van der Waals surface area (Å²) in [6.07, 6.45) is 0.914. The van der Waals surface area contributed by atoms with E-state index in [1.54, 1.807) is 0 Å². The zero-order chi connectivity index (χ0) is 18.6. The quantitative estimate of drug-likeness (QED) is 0.527. The SMILES string of the molecule is OCCOc1ccc(-c2cccc3c2Cc2ccccc2-3)cc1OCCO. The number of aliphatic hydroxyl groups excluding tert-OH is 2. The fraction of sp³-hybridized carbons (Fsp3) is 0.217. The topological polar surface area (TPSA) is 58.9 Å². The van der Waals surface area contributed by atoms with Crippen LogP contribution in [-0.2, 0) is 6.42 Å². The van der Waals surface area contributed by atoms with E-state index in [2.05, 4.69) is 42.5 Å². The second kappa shape index (κ2) is 7.82. The van der Waals surface area contributed by atoms with Gasteiger partial charge in [-0.2, -0.15) is 0 Å². The molecule has 0 bridgehead atoms.